The lowest BCUT2D eigenvalue weighted by molar-refractivity contribution is 0.102. The van der Waals surface area contributed by atoms with Gasteiger partial charge in [-0.2, -0.15) is 5.10 Å². The van der Waals surface area contributed by atoms with Crippen molar-refractivity contribution in [3.05, 3.63) is 40.0 Å². The SMILES string of the molecule is Cc1ccc(C(=O)Nc2n[nH]c(C)c2N)cc1Cl. The molecule has 0 unspecified atom stereocenters. The van der Waals surface area contributed by atoms with Crippen LogP contribution in [0.15, 0.2) is 18.2 Å². The molecule has 2 aromatic rings. The summed E-state index contributed by atoms with van der Waals surface area (Å²) < 4.78 is 0. The summed E-state index contributed by atoms with van der Waals surface area (Å²) in [5.41, 5.74) is 8.28. The Morgan fingerprint density at radius 1 is 1.44 bits per heavy atom. The van der Waals surface area contributed by atoms with Crippen molar-refractivity contribution in [3.63, 3.8) is 0 Å². The van der Waals surface area contributed by atoms with Crippen LogP contribution in [0, 0.1) is 13.8 Å². The van der Waals surface area contributed by atoms with E-state index in [9.17, 15) is 4.79 Å². The number of nitrogen functional groups attached to an aromatic ring is 1. The van der Waals surface area contributed by atoms with Gasteiger partial charge in [0.25, 0.3) is 5.91 Å². The van der Waals surface area contributed by atoms with E-state index in [0.29, 0.717) is 27.8 Å². The highest BCUT2D eigenvalue weighted by atomic mass is 35.5. The Labute approximate surface area is 109 Å². The number of nitrogens with one attached hydrogen (secondary N) is 2. The first-order chi connectivity index (χ1) is 8.49. The predicted molar refractivity (Wildman–Crippen MR) is 71.9 cm³/mol. The van der Waals surface area contributed by atoms with Crippen molar-refractivity contribution < 1.29 is 4.79 Å². The first-order valence-corrected chi connectivity index (χ1v) is 5.74. The highest BCUT2D eigenvalue weighted by Gasteiger charge is 2.12. The summed E-state index contributed by atoms with van der Waals surface area (Å²) in [5, 5.41) is 9.78. The minimum atomic E-state index is -0.296. The van der Waals surface area contributed by atoms with Crippen LogP contribution in [0.5, 0.6) is 0 Å². The summed E-state index contributed by atoms with van der Waals surface area (Å²) in [5.74, 6) is 0.0318. The highest BCUT2D eigenvalue weighted by molar-refractivity contribution is 6.31. The fraction of sp³-hybridized carbons (Fsp3) is 0.167. The molecular formula is C12H13ClN4O. The molecule has 0 aliphatic heterocycles. The summed E-state index contributed by atoms with van der Waals surface area (Å²) in [6.45, 7) is 3.65. The number of nitrogens with zero attached hydrogens (tertiary/aromatic N) is 1. The van der Waals surface area contributed by atoms with Gasteiger partial charge in [-0.25, -0.2) is 0 Å². The number of halogens is 1. The second-order valence-corrected chi connectivity index (χ2v) is 4.44. The maximum atomic E-state index is 12.0. The summed E-state index contributed by atoms with van der Waals surface area (Å²) in [6, 6.07) is 5.10. The van der Waals surface area contributed by atoms with Crippen LogP contribution in [-0.2, 0) is 0 Å². The molecule has 0 aliphatic carbocycles. The first-order valence-electron chi connectivity index (χ1n) is 5.37. The van der Waals surface area contributed by atoms with Gasteiger partial charge < -0.3 is 11.1 Å². The Hall–Kier alpha value is -2.01. The molecule has 0 saturated heterocycles. The minimum absolute atomic E-state index is 0.296. The molecule has 1 amide bonds. The lowest BCUT2D eigenvalue weighted by Gasteiger charge is -2.05. The summed E-state index contributed by atoms with van der Waals surface area (Å²) in [7, 11) is 0. The second-order valence-electron chi connectivity index (χ2n) is 4.03. The summed E-state index contributed by atoms with van der Waals surface area (Å²) in [4.78, 5) is 12.0. The Balaban J connectivity index is 2.22. The fourth-order valence-electron chi connectivity index (χ4n) is 1.45. The Morgan fingerprint density at radius 3 is 2.72 bits per heavy atom. The average Bonchev–Trinajstić information content (AvgIpc) is 2.64. The van der Waals surface area contributed by atoms with E-state index in [1.54, 1.807) is 25.1 Å². The third kappa shape index (κ3) is 2.31. The average molecular weight is 265 g/mol. The van der Waals surface area contributed by atoms with E-state index in [-0.39, 0.29) is 5.91 Å². The summed E-state index contributed by atoms with van der Waals surface area (Å²) in [6.07, 6.45) is 0. The number of hydrogen-bond donors (Lipinski definition) is 3. The number of carbonyl (C=O) groups excluding carboxylic acids is 1. The van der Waals surface area contributed by atoms with Gasteiger partial charge in [0.2, 0.25) is 0 Å². The van der Waals surface area contributed by atoms with Crippen LogP contribution < -0.4 is 11.1 Å². The van der Waals surface area contributed by atoms with Crippen molar-refractivity contribution in [3.8, 4) is 0 Å². The molecular weight excluding hydrogens is 252 g/mol. The van der Waals surface area contributed by atoms with Crippen molar-refractivity contribution in [2.45, 2.75) is 13.8 Å². The number of hydrogen-bond acceptors (Lipinski definition) is 3. The molecule has 18 heavy (non-hydrogen) atoms. The van der Waals surface area contributed by atoms with Crippen LogP contribution in [0.3, 0.4) is 0 Å². The standard InChI is InChI=1S/C12H13ClN4O/c1-6-3-4-8(5-9(6)13)12(18)15-11-10(14)7(2)16-17-11/h3-5H,14H2,1-2H3,(H2,15,16,17,18). The fourth-order valence-corrected chi connectivity index (χ4v) is 1.63. The van der Waals surface area contributed by atoms with Crippen LogP contribution in [0.25, 0.3) is 0 Å². The molecule has 6 heteroatoms. The number of nitrogens with two attached hydrogens (primary N) is 1. The molecule has 1 heterocycles. The van der Waals surface area contributed by atoms with E-state index in [1.165, 1.54) is 0 Å². The number of rotatable bonds is 2. The third-order valence-corrected chi connectivity index (χ3v) is 3.07. The maximum Gasteiger partial charge on any atom is 0.256 e. The molecule has 0 bridgehead atoms. The molecule has 1 aromatic heterocycles. The molecule has 0 fully saturated rings. The molecule has 4 N–H and O–H groups in total. The molecule has 0 aliphatic rings. The van der Waals surface area contributed by atoms with E-state index < -0.39 is 0 Å². The number of carbonyl (C=O) groups is 1. The summed E-state index contributed by atoms with van der Waals surface area (Å²) >= 11 is 5.97. The van der Waals surface area contributed by atoms with Crippen LogP contribution in [-0.4, -0.2) is 16.1 Å². The first kappa shape index (κ1) is 12.4. The van der Waals surface area contributed by atoms with Crippen LogP contribution in [0.2, 0.25) is 5.02 Å². The monoisotopic (exact) mass is 264 g/mol. The van der Waals surface area contributed by atoms with Gasteiger partial charge in [-0.15, -0.1) is 0 Å². The number of anilines is 2. The number of aromatic nitrogens is 2. The van der Waals surface area contributed by atoms with E-state index >= 15 is 0 Å². The third-order valence-electron chi connectivity index (χ3n) is 2.66. The van der Waals surface area contributed by atoms with E-state index in [2.05, 4.69) is 15.5 Å². The Morgan fingerprint density at radius 2 is 2.17 bits per heavy atom. The number of H-pyrrole nitrogens is 1. The van der Waals surface area contributed by atoms with Gasteiger partial charge in [0, 0.05) is 10.6 Å². The lowest BCUT2D eigenvalue weighted by atomic mass is 10.1. The number of benzene rings is 1. The topological polar surface area (TPSA) is 83.8 Å². The van der Waals surface area contributed by atoms with Crippen molar-refractivity contribution in [2.75, 3.05) is 11.1 Å². The number of aromatic amines is 1. The molecule has 5 nitrogen and oxygen atoms in total. The second kappa shape index (κ2) is 4.70. The zero-order valence-corrected chi connectivity index (χ0v) is 10.8. The van der Waals surface area contributed by atoms with Crippen molar-refractivity contribution in [1.82, 2.24) is 10.2 Å². The Kier molecular flexibility index (Phi) is 3.25. The molecule has 2 rings (SSSR count). The van der Waals surface area contributed by atoms with Gasteiger partial charge in [-0.3, -0.25) is 9.89 Å². The van der Waals surface area contributed by atoms with Gasteiger partial charge in [-0.1, -0.05) is 17.7 Å². The van der Waals surface area contributed by atoms with Gasteiger partial charge in [0.1, 0.15) is 0 Å². The predicted octanol–water partition coefficient (Wildman–Crippen LogP) is 2.51. The Bertz CT molecular complexity index is 606. The van der Waals surface area contributed by atoms with Gasteiger partial charge in [-0.05, 0) is 31.5 Å². The van der Waals surface area contributed by atoms with Crippen molar-refractivity contribution in [2.24, 2.45) is 0 Å². The number of aryl methyl sites for hydroxylation is 2. The smallest absolute Gasteiger partial charge is 0.256 e. The minimum Gasteiger partial charge on any atom is -0.394 e. The molecule has 0 atom stereocenters. The molecule has 0 spiro atoms. The van der Waals surface area contributed by atoms with E-state index in [4.69, 9.17) is 17.3 Å². The molecule has 0 radical (unpaired) electrons. The normalized spacial score (nSPS) is 10.4. The van der Waals surface area contributed by atoms with E-state index in [0.717, 1.165) is 5.56 Å². The van der Waals surface area contributed by atoms with Gasteiger partial charge in [0.05, 0.1) is 11.4 Å². The zero-order chi connectivity index (χ0) is 13.3. The van der Waals surface area contributed by atoms with Gasteiger partial charge in [0.15, 0.2) is 5.82 Å². The van der Waals surface area contributed by atoms with Crippen molar-refractivity contribution in [1.29, 1.82) is 0 Å². The highest BCUT2D eigenvalue weighted by Crippen LogP contribution is 2.20. The van der Waals surface area contributed by atoms with Crippen LogP contribution in [0.1, 0.15) is 21.6 Å². The maximum absolute atomic E-state index is 12.0. The molecule has 94 valence electrons. The van der Waals surface area contributed by atoms with E-state index in [1.807, 2.05) is 6.92 Å². The van der Waals surface area contributed by atoms with Crippen LogP contribution >= 0.6 is 11.6 Å². The molecule has 1 aromatic carbocycles. The van der Waals surface area contributed by atoms with Gasteiger partial charge >= 0.3 is 0 Å². The van der Waals surface area contributed by atoms with Crippen LogP contribution in [0.4, 0.5) is 11.5 Å². The molecule has 0 saturated carbocycles. The van der Waals surface area contributed by atoms with Crippen molar-refractivity contribution >= 4 is 29.0 Å². The lowest BCUT2D eigenvalue weighted by Crippen LogP contribution is -2.13. The quantitative estimate of drug-likeness (QED) is 0.779. The largest absolute Gasteiger partial charge is 0.394 e. The number of amides is 1. The zero-order valence-electron chi connectivity index (χ0n) is 10.0.